The Bertz CT molecular complexity index is 1470. The summed E-state index contributed by atoms with van der Waals surface area (Å²) in [5.74, 6) is -1.59. The van der Waals surface area contributed by atoms with Crippen LogP contribution in [0.1, 0.15) is 24.2 Å². The Hall–Kier alpha value is -3.60. The lowest BCUT2D eigenvalue weighted by atomic mass is 10.1. The third kappa shape index (κ3) is 3.78. The molecule has 0 amide bonds. The van der Waals surface area contributed by atoms with Gasteiger partial charge in [0.15, 0.2) is 34.7 Å². The van der Waals surface area contributed by atoms with Crippen molar-refractivity contribution in [3.8, 4) is 17.3 Å². The highest BCUT2D eigenvalue weighted by Gasteiger charge is 2.30. The molecule has 2 N–H and O–H groups in total. The van der Waals surface area contributed by atoms with E-state index in [-0.39, 0.29) is 53.2 Å². The van der Waals surface area contributed by atoms with Crippen molar-refractivity contribution in [1.82, 2.24) is 20.2 Å². The Kier molecular flexibility index (Phi) is 5.20. The molecule has 0 spiro atoms. The first-order valence-corrected chi connectivity index (χ1v) is 11.9. The normalized spacial score (nSPS) is 15.8. The van der Waals surface area contributed by atoms with Gasteiger partial charge in [0.2, 0.25) is 10.0 Å². The van der Waals surface area contributed by atoms with Crippen LogP contribution in [0.5, 0.6) is 5.75 Å². The number of sulfonamides is 1. The van der Waals surface area contributed by atoms with Crippen molar-refractivity contribution in [2.24, 2.45) is 0 Å². The van der Waals surface area contributed by atoms with Gasteiger partial charge in [-0.25, -0.2) is 22.2 Å². The number of benzene rings is 2. The van der Waals surface area contributed by atoms with E-state index in [9.17, 15) is 22.3 Å². The Labute approximate surface area is 188 Å². The van der Waals surface area contributed by atoms with Crippen LogP contribution in [-0.2, 0) is 16.4 Å². The van der Waals surface area contributed by atoms with Gasteiger partial charge >= 0.3 is 0 Å². The molecule has 0 saturated carbocycles. The van der Waals surface area contributed by atoms with E-state index in [0.29, 0.717) is 23.6 Å². The molecule has 8 nitrogen and oxygen atoms in total. The van der Waals surface area contributed by atoms with Gasteiger partial charge in [-0.1, -0.05) is 36.4 Å². The number of fused-ring (bicyclic) bond motifs is 1. The lowest BCUT2D eigenvalue weighted by Gasteiger charge is -2.28. The van der Waals surface area contributed by atoms with Crippen molar-refractivity contribution >= 4 is 26.6 Å². The molecule has 11 heteroatoms. The topological polar surface area (TPSA) is 112 Å². The number of pyridine rings is 1. The number of aromatic amines is 1. The average Bonchev–Trinajstić information content (AvgIpc) is 3.26. The molecule has 1 aliphatic rings. The van der Waals surface area contributed by atoms with Gasteiger partial charge in [0.1, 0.15) is 5.82 Å². The van der Waals surface area contributed by atoms with Crippen LogP contribution in [0.15, 0.2) is 42.5 Å². The third-order valence-corrected chi connectivity index (χ3v) is 7.43. The Morgan fingerprint density at radius 1 is 1.03 bits per heavy atom. The predicted molar refractivity (Wildman–Crippen MR) is 118 cm³/mol. The molecule has 33 heavy (non-hydrogen) atoms. The molecule has 1 aliphatic heterocycles. The van der Waals surface area contributed by atoms with Gasteiger partial charge in [-0.2, -0.15) is 0 Å². The largest absolute Gasteiger partial charge is 0.505 e. The molecule has 5 rings (SSSR count). The quantitative estimate of drug-likeness (QED) is 0.471. The molecule has 1 fully saturated rings. The van der Waals surface area contributed by atoms with E-state index in [2.05, 4.69) is 20.2 Å². The predicted octanol–water partition coefficient (Wildman–Crippen LogP) is 3.52. The van der Waals surface area contributed by atoms with Gasteiger partial charge in [-0.15, -0.1) is 10.2 Å². The smallest absolute Gasteiger partial charge is 0.236 e. The summed E-state index contributed by atoms with van der Waals surface area (Å²) < 4.78 is 54.3. The Morgan fingerprint density at radius 2 is 1.82 bits per heavy atom. The molecule has 3 heterocycles. The van der Waals surface area contributed by atoms with Crippen molar-refractivity contribution in [2.45, 2.75) is 19.3 Å². The van der Waals surface area contributed by atoms with Crippen LogP contribution in [0.3, 0.4) is 0 Å². The zero-order valence-corrected chi connectivity index (χ0v) is 18.1. The molecule has 0 atom stereocenters. The monoisotopic (exact) mass is 471 g/mol. The van der Waals surface area contributed by atoms with E-state index in [1.54, 1.807) is 24.3 Å². The zero-order valence-electron chi connectivity index (χ0n) is 17.3. The SMILES string of the molecule is O=S1(=O)CCCCN1c1nc(-c2nnc(Cc3cccc(F)c3F)[nH]2)c(O)c2ccccc12. The number of aromatic hydroxyl groups is 1. The maximum atomic E-state index is 14.0. The number of halogens is 2. The molecule has 2 aromatic heterocycles. The number of nitrogens with one attached hydrogen (secondary N) is 1. The molecule has 170 valence electrons. The first-order valence-electron chi connectivity index (χ1n) is 10.3. The Balaban J connectivity index is 1.61. The number of anilines is 1. The lowest BCUT2D eigenvalue weighted by Crippen LogP contribution is -2.38. The molecule has 0 radical (unpaired) electrons. The maximum Gasteiger partial charge on any atom is 0.236 e. The third-order valence-electron chi connectivity index (χ3n) is 5.60. The molecular weight excluding hydrogens is 452 g/mol. The van der Waals surface area contributed by atoms with Crippen LogP contribution in [0.25, 0.3) is 22.3 Å². The van der Waals surface area contributed by atoms with E-state index in [0.717, 1.165) is 6.07 Å². The molecule has 0 bridgehead atoms. The van der Waals surface area contributed by atoms with Gasteiger partial charge < -0.3 is 10.1 Å². The summed E-state index contributed by atoms with van der Waals surface area (Å²) in [5.41, 5.74) is 0.108. The fourth-order valence-electron chi connectivity index (χ4n) is 3.96. The summed E-state index contributed by atoms with van der Waals surface area (Å²) in [7, 11) is -3.56. The highest BCUT2D eigenvalue weighted by atomic mass is 32.2. The van der Waals surface area contributed by atoms with Crippen molar-refractivity contribution < 1.29 is 22.3 Å². The molecule has 4 aromatic rings. The second-order valence-electron chi connectivity index (χ2n) is 7.78. The minimum atomic E-state index is -3.56. The van der Waals surface area contributed by atoms with Crippen molar-refractivity contribution in [3.05, 3.63) is 65.5 Å². The number of H-pyrrole nitrogens is 1. The maximum absolute atomic E-state index is 14.0. The van der Waals surface area contributed by atoms with Crippen LogP contribution < -0.4 is 4.31 Å². The van der Waals surface area contributed by atoms with E-state index >= 15 is 0 Å². The minimum absolute atomic E-state index is 0.0166. The van der Waals surface area contributed by atoms with E-state index in [1.807, 2.05) is 0 Å². The summed E-state index contributed by atoms with van der Waals surface area (Å²) in [6.07, 6.45) is 1.21. The van der Waals surface area contributed by atoms with Gasteiger partial charge in [0.05, 0.1) is 5.75 Å². The first kappa shape index (κ1) is 21.3. The van der Waals surface area contributed by atoms with Gasteiger partial charge in [-0.3, -0.25) is 4.31 Å². The first-order chi connectivity index (χ1) is 15.8. The van der Waals surface area contributed by atoms with Crippen molar-refractivity contribution in [2.75, 3.05) is 16.6 Å². The van der Waals surface area contributed by atoms with E-state index < -0.39 is 21.7 Å². The summed E-state index contributed by atoms with van der Waals surface area (Å²) in [5, 5.41) is 19.8. The summed E-state index contributed by atoms with van der Waals surface area (Å²) in [6, 6.07) is 10.7. The second-order valence-corrected chi connectivity index (χ2v) is 9.80. The number of aromatic nitrogens is 4. The van der Waals surface area contributed by atoms with Gasteiger partial charge in [0.25, 0.3) is 0 Å². The standard InChI is InChI=1S/C22H19F2N5O3S/c23-16-9-5-6-13(18(16)24)12-17-25-21(28-27-17)19-20(30)14-7-1-2-8-15(14)22(26-19)29-10-3-4-11-33(29,31)32/h1-2,5-9,30H,3-4,10-12H2,(H,25,27,28). The zero-order chi connectivity index (χ0) is 23.2. The number of rotatable bonds is 4. The van der Waals surface area contributed by atoms with Crippen LogP contribution in [0.2, 0.25) is 0 Å². The van der Waals surface area contributed by atoms with Crippen LogP contribution in [0, 0.1) is 11.6 Å². The summed E-state index contributed by atoms with van der Waals surface area (Å²) >= 11 is 0. The molecular formula is C22H19F2N5O3S. The highest BCUT2D eigenvalue weighted by Crippen LogP contribution is 2.39. The summed E-state index contributed by atoms with van der Waals surface area (Å²) in [6.45, 7) is 0.282. The van der Waals surface area contributed by atoms with E-state index in [1.165, 1.54) is 16.4 Å². The summed E-state index contributed by atoms with van der Waals surface area (Å²) in [4.78, 5) is 7.35. The van der Waals surface area contributed by atoms with Crippen molar-refractivity contribution in [1.29, 1.82) is 0 Å². The molecule has 0 unspecified atom stereocenters. The second kappa shape index (κ2) is 8.07. The minimum Gasteiger partial charge on any atom is -0.505 e. The number of nitrogens with zero attached hydrogens (tertiary/aromatic N) is 4. The van der Waals surface area contributed by atoms with Gasteiger partial charge in [0, 0.05) is 23.7 Å². The lowest BCUT2D eigenvalue weighted by molar-refractivity contribution is 0.481. The molecule has 1 saturated heterocycles. The average molecular weight is 471 g/mol. The van der Waals surface area contributed by atoms with E-state index in [4.69, 9.17) is 0 Å². The number of hydrogen-bond donors (Lipinski definition) is 2. The number of hydrogen-bond acceptors (Lipinski definition) is 6. The van der Waals surface area contributed by atoms with Crippen LogP contribution in [0.4, 0.5) is 14.6 Å². The van der Waals surface area contributed by atoms with Crippen LogP contribution >= 0.6 is 0 Å². The van der Waals surface area contributed by atoms with Crippen molar-refractivity contribution in [3.63, 3.8) is 0 Å². The fraction of sp³-hybridized carbons (Fsp3) is 0.227. The fourth-order valence-corrected chi connectivity index (χ4v) is 5.56. The molecule has 0 aliphatic carbocycles. The van der Waals surface area contributed by atoms with Gasteiger partial charge in [-0.05, 0) is 24.5 Å². The highest BCUT2D eigenvalue weighted by molar-refractivity contribution is 7.92. The van der Waals surface area contributed by atoms with Crippen LogP contribution in [-0.4, -0.2) is 46.0 Å². The Morgan fingerprint density at radius 3 is 2.61 bits per heavy atom. The molecule has 2 aromatic carbocycles.